The van der Waals surface area contributed by atoms with Gasteiger partial charge in [0.1, 0.15) is 0 Å². The molecule has 0 unspecified atom stereocenters. The number of aromatic nitrogens is 1. The Labute approximate surface area is 114 Å². The Morgan fingerprint density at radius 3 is 2.94 bits per heavy atom. The average molecular weight is 269 g/mol. The van der Waals surface area contributed by atoms with Gasteiger partial charge in [0.25, 0.3) is 0 Å². The molecule has 1 heterocycles. The Kier molecular flexibility index (Phi) is 5.26. The highest BCUT2D eigenvalue weighted by Crippen LogP contribution is 2.27. The van der Waals surface area contributed by atoms with Gasteiger partial charge >= 0.3 is 0 Å². The number of pyridine rings is 1. The van der Waals surface area contributed by atoms with E-state index in [1.807, 2.05) is 6.07 Å². The predicted molar refractivity (Wildman–Crippen MR) is 74.2 cm³/mol. The third-order valence-electron chi connectivity index (χ3n) is 3.59. The Bertz CT molecular complexity index is 369. The summed E-state index contributed by atoms with van der Waals surface area (Å²) >= 11 is 5.81. The van der Waals surface area contributed by atoms with Crippen molar-refractivity contribution in [3.05, 3.63) is 23.9 Å². The number of alkyl halides is 1. The van der Waals surface area contributed by atoms with Gasteiger partial charge in [-0.25, -0.2) is 4.98 Å². The van der Waals surface area contributed by atoms with Gasteiger partial charge in [-0.15, -0.1) is 11.6 Å². The summed E-state index contributed by atoms with van der Waals surface area (Å²) in [5.74, 6) is 1.47. The lowest BCUT2D eigenvalue weighted by Crippen LogP contribution is -2.40. The highest BCUT2D eigenvalue weighted by atomic mass is 35.5. The molecular formula is C14H21ClN2O. The van der Waals surface area contributed by atoms with Gasteiger partial charge in [-0.2, -0.15) is 0 Å². The van der Waals surface area contributed by atoms with E-state index in [1.165, 1.54) is 24.8 Å². The van der Waals surface area contributed by atoms with Crippen molar-refractivity contribution in [2.75, 3.05) is 19.5 Å². The van der Waals surface area contributed by atoms with Gasteiger partial charge in [-0.3, -0.25) is 4.90 Å². The fourth-order valence-corrected chi connectivity index (χ4v) is 2.47. The zero-order chi connectivity index (χ0) is 12.8. The van der Waals surface area contributed by atoms with Gasteiger partial charge in [-0.1, -0.05) is 12.5 Å². The summed E-state index contributed by atoms with van der Waals surface area (Å²) in [4.78, 5) is 6.78. The van der Waals surface area contributed by atoms with E-state index in [1.54, 1.807) is 13.3 Å². The summed E-state index contributed by atoms with van der Waals surface area (Å²) < 4.78 is 5.32. The molecule has 0 spiro atoms. The van der Waals surface area contributed by atoms with Crippen LogP contribution in [0.5, 0.6) is 5.88 Å². The largest absolute Gasteiger partial charge is 0.481 e. The van der Waals surface area contributed by atoms with Crippen molar-refractivity contribution in [3.8, 4) is 5.88 Å². The molecule has 0 bridgehead atoms. The number of ether oxygens (including phenoxy) is 1. The summed E-state index contributed by atoms with van der Waals surface area (Å²) in [6.07, 6.45) is 6.79. The molecular weight excluding hydrogens is 248 g/mol. The van der Waals surface area contributed by atoms with Crippen molar-refractivity contribution >= 4 is 11.6 Å². The van der Waals surface area contributed by atoms with Gasteiger partial charge in [0.2, 0.25) is 5.88 Å². The van der Waals surface area contributed by atoms with Crippen molar-refractivity contribution in [1.29, 1.82) is 0 Å². The maximum absolute atomic E-state index is 5.81. The quantitative estimate of drug-likeness (QED) is 0.711. The van der Waals surface area contributed by atoms with Crippen molar-refractivity contribution < 1.29 is 4.74 Å². The molecule has 0 aliphatic heterocycles. The molecule has 100 valence electrons. The number of nitrogens with zero attached hydrogens (tertiary/aromatic N) is 2. The van der Waals surface area contributed by atoms with E-state index in [4.69, 9.17) is 16.3 Å². The summed E-state index contributed by atoms with van der Waals surface area (Å²) in [5.41, 5.74) is 1.17. The lowest BCUT2D eigenvalue weighted by Gasteiger charge is -2.37. The smallest absolute Gasteiger partial charge is 0.217 e. The molecule has 0 radical (unpaired) electrons. The fourth-order valence-electron chi connectivity index (χ4n) is 2.35. The molecule has 1 aliphatic rings. The van der Waals surface area contributed by atoms with Crippen LogP contribution in [0, 0.1) is 0 Å². The number of methoxy groups -OCH3 is 1. The first-order valence-electron chi connectivity index (χ1n) is 6.63. The molecule has 1 aromatic rings. The van der Waals surface area contributed by atoms with E-state index in [-0.39, 0.29) is 0 Å². The minimum atomic E-state index is 0.720. The van der Waals surface area contributed by atoms with E-state index in [9.17, 15) is 0 Å². The Balaban J connectivity index is 2.02. The average Bonchev–Trinajstić information content (AvgIpc) is 2.34. The van der Waals surface area contributed by atoms with Crippen molar-refractivity contribution in [3.63, 3.8) is 0 Å². The number of halogens is 1. The topological polar surface area (TPSA) is 25.4 Å². The first-order chi connectivity index (χ1) is 8.85. The van der Waals surface area contributed by atoms with E-state index in [0.29, 0.717) is 0 Å². The highest BCUT2D eigenvalue weighted by Gasteiger charge is 2.25. The molecule has 0 amide bonds. The van der Waals surface area contributed by atoms with Crippen LogP contribution in [-0.4, -0.2) is 35.5 Å². The van der Waals surface area contributed by atoms with Crippen LogP contribution in [0.3, 0.4) is 0 Å². The van der Waals surface area contributed by atoms with Gasteiger partial charge in [-0.05, 0) is 31.9 Å². The Hall–Kier alpha value is -0.800. The van der Waals surface area contributed by atoms with Crippen LogP contribution >= 0.6 is 11.6 Å². The second-order valence-electron chi connectivity index (χ2n) is 4.77. The van der Waals surface area contributed by atoms with Crippen molar-refractivity contribution in [2.45, 2.75) is 38.3 Å². The van der Waals surface area contributed by atoms with Crippen LogP contribution in [0.25, 0.3) is 0 Å². The molecule has 1 aliphatic carbocycles. The van der Waals surface area contributed by atoms with Crippen LogP contribution in [0.4, 0.5) is 0 Å². The maximum atomic E-state index is 5.81. The third kappa shape index (κ3) is 3.36. The lowest BCUT2D eigenvalue weighted by molar-refractivity contribution is 0.118. The second-order valence-corrected chi connectivity index (χ2v) is 5.15. The molecule has 18 heavy (non-hydrogen) atoms. The van der Waals surface area contributed by atoms with Crippen LogP contribution < -0.4 is 4.74 Å². The number of hydrogen-bond acceptors (Lipinski definition) is 3. The molecule has 0 aromatic carbocycles. The van der Waals surface area contributed by atoms with Gasteiger partial charge in [0.15, 0.2) is 0 Å². The standard InChI is InChI=1S/C14H21ClN2O/c1-18-14-12(5-3-9-16-14)11-17(10-4-8-15)13-6-2-7-13/h3,5,9,13H,2,4,6-8,10-11H2,1H3. The van der Waals surface area contributed by atoms with Crippen molar-refractivity contribution in [2.24, 2.45) is 0 Å². The molecule has 2 rings (SSSR count). The minimum Gasteiger partial charge on any atom is -0.481 e. The predicted octanol–water partition coefficient (Wildman–Crippen LogP) is 3.07. The molecule has 3 nitrogen and oxygen atoms in total. The van der Waals surface area contributed by atoms with Crippen LogP contribution in [-0.2, 0) is 6.54 Å². The van der Waals surface area contributed by atoms with Gasteiger partial charge in [0.05, 0.1) is 7.11 Å². The zero-order valence-corrected chi connectivity index (χ0v) is 11.7. The normalized spacial score (nSPS) is 15.7. The fraction of sp³-hybridized carbons (Fsp3) is 0.643. The number of rotatable bonds is 7. The van der Waals surface area contributed by atoms with E-state index in [2.05, 4.69) is 16.0 Å². The highest BCUT2D eigenvalue weighted by molar-refractivity contribution is 6.17. The summed E-state index contributed by atoms with van der Waals surface area (Å²) in [6, 6.07) is 4.79. The third-order valence-corrected chi connectivity index (χ3v) is 3.85. The SMILES string of the molecule is COc1ncccc1CN(CCCCl)C1CCC1. The molecule has 1 aromatic heterocycles. The minimum absolute atomic E-state index is 0.720. The summed E-state index contributed by atoms with van der Waals surface area (Å²) in [7, 11) is 1.68. The van der Waals surface area contributed by atoms with Crippen molar-refractivity contribution in [1.82, 2.24) is 9.88 Å². The lowest BCUT2D eigenvalue weighted by atomic mass is 9.91. The first-order valence-corrected chi connectivity index (χ1v) is 7.16. The molecule has 4 heteroatoms. The second kappa shape index (κ2) is 6.95. The zero-order valence-electron chi connectivity index (χ0n) is 10.9. The molecule has 0 atom stereocenters. The van der Waals surface area contributed by atoms with Crippen LogP contribution in [0.15, 0.2) is 18.3 Å². The molecule has 1 fully saturated rings. The molecule has 0 N–H and O–H groups in total. The maximum Gasteiger partial charge on any atom is 0.217 e. The summed E-state index contributed by atoms with van der Waals surface area (Å²) in [5, 5.41) is 0. The number of hydrogen-bond donors (Lipinski definition) is 0. The van der Waals surface area contributed by atoms with E-state index >= 15 is 0 Å². The Morgan fingerprint density at radius 1 is 1.50 bits per heavy atom. The van der Waals surface area contributed by atoms with Gasteiger partial charge in [0, 0.05) is 30.2 Å². The summed E-state index contributed by atoms with van der Waals surface area (Å²) in [6.45, 7) is 1.98. The Morgan fingerprint density at radius 2 is 2.33 bits per heavy atom. The van der Waals surface area contributed by atoms with Crippen LogP contribution in [0.1, 0.15) is 31.2 Å². The monoisotopic (exact) mass is 268 g/mol. The van der Waals surface area contributed by atoms with Gasteiger partial charge < -0.3 is 4.74 Å². The molecule has 0 saturated heterocycles. The van der Waals surface area contributed by atoms with E-state index in [0.717, 1.165) is 37.3 Å². The first kappa shape index (κ1) is 13.6. The molecule has 1 saturated carbocycles. The van der Waals surface area contributed by atoms with Crippen LogP contribution in [0.2, 0.25) is 0 Å². The van der Waals surface area contributed by atoms with E-state index < -0.39 is 0 Å².